The van der Waals surface area contributed by atoms with Crippen LogP contribution >= 0.6 is 11.6 Å². The number of amides is 2. The number of hydrogen-bond donors (Lipinski definition) is 4. The van der Waals surface area contributed by atoms with E-state index in [2.05, 4.69) is 16.0 Å². The molecule has 0 saturated heterocycles. The molecule has 0 aliphatic heterocycles. The van der Waals surface area contributed by atoms with Gasteiger partial charge in [-0.2, -0.15) is 0 Å². The number of carbonyl (C=O) groups excluding carboxylic acids is 2. The van der Waals surface area contributed by atoms with E-state index in [-0.39, 0.29) is 23.4 Å². The largest absolute Gasteiger partial charge is 0.480 e. The first kappa shape index (κ1) is 32.6. The maximum absolute atomic E-state index is 13.5. The summed E-state index contributed by atoms with van der Waals surface area (Å²) in [5.41, 5.74) is 1.97. The molecule has 3 rings (SSSR count). The lowest BCUT2D eigenvalue weighted by Crippen LogP contribution is -2.47. The molecule has 12 heteroatoms. The highest BCUT2D eigenvalue weighted by Crippen LogP contribution is 2.23. The number of aliphatic carboxylic acids is 1. The van der Waals surface area contributed by atoms with E-state index < -0.39 is 45.9 Å². The summed E-state index contributed by atoms with van der Waals surface area (Å²) in [4.78, 5) is 38.2. The van der Waals surface area contributed by atoms with E-state index in [9.17, 15) is 27.9 Å². The van der Waals surface area contributed by atoms with Gasteiger partial charge in [-0.05, 0) is 61.7 Å². The zero-order valence-corrected chi connectivity index (χ0v) is 25.4. The van der Waals surface area contributed by atoms with Crippen molar-refractivity contribution >= 4 is 45.1 Å². The minimum Gasteiger partial charge on any atom is -0.480 e. The van der Waals surface area contributed by atoms with Gasteiger partial charge in [-0.25, -0.2) is 8.42 Å². The molecule has 3 atom stereocenters. The Balaban J connectivity index is 1.92. The molecule has 0 fully saturated rings. The van der Waals surface area contributed by atoms with Crippen LogP contribution in [0.4, 0.5) is 5.69 Å². The van der Waals surface area contributed by atoms with Crippen molar-refractivity contribution in [2.45, 2.75) is 38.4 Å². The van der Waals surface area contributed by atoms with Crippen LogP contribution in [0.1, 0.15) is 51.7 Å². The molecule has 0 aliphatic rings. The summed E-state index contributed by atoms with van der Waals surface area (Å²) in [5.74, 6) is -2.10. The lowest BCUT2D eigenvalue weighted by molar-refractivity contribution is -0.139. The highest BCUT2D eigenvalue weighted by molar-refractivity contribution is 7.92. The third-order valence-corrected chi connectivity index (χ3v) is 8.14. The molecule has 0 unspecified atom stereocenters. The molecule has 0 heterocycles. The Labute approximate surface area is 251 Å². The molecule has 3 aromatic rings. The first-order chi connectivity index (χ1) is 19.7. The molecular weight excluding hydrogens is 580 g/mol. The smallest absolute Gasteiger partial charge is 0.320 e. The van der Waals surface area contributed by atoms with Crippen LogP contribution in [0.2, 0.25) is 5.02 Å². The molecule has 4 N–H and O–H groups in total. The minimum absolute atomic E-state index is 0.0629. The summed E-state index contributed by atoms with van der Waals surface area (Å²) < 4.78 is 25.6. The second-order valence-electron chi connectivity index (χ2n) is 10.1. The van der Waals surface area contributed by atoms with E-state index in [1.165, 1.54) is 32.2 Å². The maximum atomic E-state index is 13.5. The van der Waals surface area contributed by atoms with Crippen LogP contribution in [0.5, 0.6) is 0 Å². The number of nitrogens with zero attached hydrogens (tertiary/aromatic N) is 1. The number of halogens is 1. The Morgan fingerprint density at radius 1 is 0.905 bits per heavy atom. The predicted molar refractivity (Wildman–Crippen MR) is 164 cm³/mol. The monoisotopic (exact) mass is 614 g/mol. The number of rotatable bonds is 13. The molecule has 10 nitrogen and oxygen atoms in total. The van der Waals surface area contributed by atoms with Gasteiger partial charge in [0.25, 0.3) is 11.8 Å². The topological polar surface area (TPSA) is 145 Å². The van der Waals surface area contributed by atoms with Crippen molar-refractivity contribution in [1.82, 2.24) is 16.0 Å². The van der Waals surface area contributed by atoms with E-state index in [1.807, 2.05) is 36.4 Å². The summed E-state index contributed by atoms with van der Waals surface area (Å²) in [7, 11) is -2.38. The zero-order chi connectivity index (χ0) is 31.0. The Kier molecular flexibility index (Phi) is 11.1. The summed E-state index contributed by atoms with van der Waals surface area (Å²) in [6.07, 6.45) is 1.42. The van der Waals surface area contributed by atoms with Crippen LogP contribution < -0.4 is 20.3 Å². The minimum atomic E-state index is -3.71. The molecular formula is C30H35ClN4O6S. The Hall–Kier alpha value is -3.93. The first-order valence-electron chi connectivity index (χ1n) is 13.2. The number of hydrogen-bond acceptors (Lipinski definition) is 6. The second-order valence-corrected chi connectivity index (χ2v) is 12.5. The number of nitrogens with one attached hydrogen (secondary N) is 3. The van der Waals surface area contributed by atoms with E-state index in [0.717, 1.165) is 21.7 Å². The lowest BCUT2D eigenvalue weighted by atomic mass is 10.0. The van der Waals surface area contributed by atoms with E-state index in [0.29, 0.717) is 11.4 Å². The van der Waals surface area contributed by atoms with Gasteiger partial charge in [0.15, 0.2) is 0 Å². The normalized spacial score (nSPS) is 13.5. The van der Waals surface area contributed by atoms with Crippen LogP contribution in [0.3, 0.4) is 0 Å². The molecule has 0 bridgehead atoms. The van der Waals surface area contributed by atoms with Gasteiger partial charge in [0.2, 0.25) is 10.0 Å². The van der Waals surface area contributed by atoms with E-state index in [4.69, 9.17) is 11.6 Å². The Bertz CT molecular complexity index is 1530. The average molecular weight is 615 g/mol. The number of benzene rings is 3. The van der Waals surface area contributed by atoms with Crippen molar-refractivity contribution in [3.05, 3.63) is 100 Å². The van der Waals surface area contributed by atoms with Gasteiger partial charge in [0.05, 0.1) is 18.0 Å². The SMILES string of the molecule is C[C@H](NC[C@H](Cc1ccccc1)NC(=O)c1cc(C(=O)N[C@H](C)c2cccc(Cl)c2)cc(N(C)S(C)(=O)=O)c1)C(=O)O. The van der Waals surface area contributed by atoms with Crippen molar-refractivity contribution in [2.24, 2.45) is 0 Å². The third kappa shape index (κ3) is 9.30. The lowest BCUT2D eigenvalue weighted by Gasteiger charge is -2.23. The predicted octanol–water partition coefficient (Wildman–Crippen LogP) is 3.63. The maximum Gasteiger partial charge on any atom is 0.320 e. The van der Waals surface area contributed by atoms with Crippen molar-refractivity contribution in [2.75, 3.05) is 24.2 Å². The summed E-state index contributed by atoms with van der Waals surface area (Å²) in [6, 6.07) is 18.8. The van der Waals surface area contributed by atoms with Gasteiger partial charge >= 0.3 is 5.97 Å². The highest BCUT2D eigenvalue weighted by atomic mass is 35.5. The molecule has 42 heavy (non-hydrogen) atoms. The molecule has 224 valence electrons. The van der Waals surface area contributed by atoms with Gasteiger partial charge in [-0.3, -0.25) is 18.7 Å². The van der Waals surface area contributed by atoms with Gasteiger partial charge < -0.3 is 21.1 Å². The number of carbonyl (C=O) groups is 3. The first-order valence-corrected chi connectivity index (χ1v) is 15.4. The fourth-order valence-electron chi connectivity index (χ4n) is 4.13. The van der Waals surface area contributed by atoms with E-state index >= 15 is 0 Å². The second kappa shape index (κ2) is 14.3. The van der Waals surface area contributed by atoms with Crippen molar-refractivity contribution in [3.63, 3.8) is 0 Å². The molecule has 3 aromatic carbocycles. The van der Waals surface area contributed by atoms with Crippen molar-refractivity contribution in [3.8, 4) is 0 Å². The van der Waals surface area contributed by atoms with Crippen LogP contribution in [-0.4, -0.2) is 63.2 Å². The molecule has 0 saturated carbocycles. The standard InChI is InChI=1S/C30H35ClN4O6S/c1-19(22-11-8-12-25(31)15-22)33-28(36)23-14-24(17-27(16-23)35(3)42(4,40)41)29(37)34-26(18-32-20(2)30(38)39)13-21-9-6-5-7-10-21/h5-12,14-17,19-20,26,32H,13,18H2,1-4H3,(H,33,36)(H,34,37)(H,38,39)/t19-,20+,26+/m1/s1. The summed E-state index contributed by atoms with van der Waals surface area (Å²) >= 11 is 6.09. The van der Waals surface area contributed by atoms with Crippen molar-refractivity contribution in [1.29, 1.82) is 0 Å². The Morgan fingerprint density at radius 2 is 1.52 bits per heavy atom. The fourth-order valence-corrected chi connectivity index (χ4v) is 4.82. The average Bonchev–Trinajstić information content (AvgIpc) is 2.94. The summed E-state index contributed by atoms with van der Waals surface area (Å²) in [6.45, 7) is 3.44. The Morgan fingerprint density at radius 3 is 2.10 bits per heavy atom. The number of carboxylic acid groups (broad SMARTS) is 1. The van der Waals surface area contributed by atoms with Crippen LogP contribution in [0.15, 0.2) is 72.8 Å². The van der Waals surface area contributed by atoms with Crippen molar-refractivity contribution < 1.29 is 27.9 Å². The number of sulfonamides is 1. The summed E-state index contributed by atoms with van der Waals surface area (Å²) in [5, 5.41) is 18.5. The molecule has 0 aliphatic carbocycles. The quantitative estimate of drug-likeness (QED) is 0.230. The zero-order valence-electron chi connectivity index (χ0n) is 23.8. The van der Waals surface area contributed by atoms with Gasteiger partial charge in [0, 0.05) is 35.8 Å². The van der Waals surface area contributed by atoms with Crippen LogP contribution in [0.25, 0.3) is 0 Å². The van der Waals surface area contributed by atoms with Gasteiger partial charge in [-0.15, -0.1) is 0 Å². The van der Waals surface area contributed by atoms with Gasteiger partial charge in [0.1, 0.15) is 6.04 Å². The molecule has 2 amide bonds. The van der Waals surface area contributed by atoms with E-state index in [1.54, 1.807) is 25.1 Å². The highest BCUT2D eigenvalue weighted by Gasteiger charge is 2.22. The molecule has 0 radical (unpaired) electrons. The number of carboxylic acids is 1. The molecule has 0 spiro atoms. The third-order valence-electron chi connectivity index (χ3n) is 6.70. The van der Waals surface area contributed by atoms with Gasteiger partial charge in [-0.1, -0.05) is 54.1 Å². The fraction of sp³-hybridized carbons (Fsp3) is 0.300. The number of anilines is 1. The van der Waals surface area contributed by atoms with Crippen LogP contribution in [0, 0.1) is 0 Å². The van der Waals surface area contributed by atoms with Crippen LogP contribution in [-0.2, 0) is 21.2 Å². The molecule has 0 aromatic heterocycles.